The number of nitrogens with one attached hydrogen (secondary N) is 2. The van der Waals surface area contributed by atoms with Crippen LogP contribution in [0.15, 0.2) is 61.6 Å². The van der Waals surface area contributed by atoms with Crippen molar-refractivity contribution >= 4 is 23.0 Å². The zero-order valence-electron chi connectivity index (χ0n) is 19.2. The van der Waals surface area contributed by atoms with E-state index in [0.29, 0.717) is 30.2 Å². The summed E-state index contributed by atoms with van der Waals surface area (Å²) < 4.78 is 27.1. The molecule has 176 valence electrons. The van der Waals surface area contributed by atoms with Gasteiger partial charge in [0, 0.05) is 50.1 Å². The minimum atomic E-state index is -2.62. The highest BCUT2D eigenvalue weighted by atomic mass is 19.3. The Morgan fingerprint density at radius 3 is 2.65 bits per heavy atom. The second-order valence-corrected chi connectivity index (χ2v) is 8.54. The summed E-state index contributed by atoms with van der Waals surface area (Å²) in [6.45, 7) is 6.49. The smallest absolute Gasteiger partial charge is 0.261 e. The summed E-state index contributed by atoms with van der Waals surface area (Å²) in [6, 6.07) is 11.3. The molecule has 0 saturated carbocycles. The third-order valence-corrected chi connectivity index (χ3v) is 5.90. The first-order valence-corrected chi connectivity index (χ1v) is 11.0. The Labute approximate surface area is 197 Å². The number of amides is 1. The van der Waals surface area contributed by atoms with Crippen molar-refractivity contribution in [3.63, 3.8) is 0 Å². The minimum Gasteiger partial charge on any atom is -0.373 e. The fourth-order valence-corrected chi connectivity index (χ4v) is 4.00. The van der Waals surface area contributed by atoms with Crippen molar-refractivity contribution < 1.29 is 13.6 Å². The molecule has 34 heavy (non-hydrogen) atoms. The van der Waals surface area contributed by atoms with Crippen LogP contribution in [0.5, 0.6) is 0 Å². The van der Waals surface area contributed by atoms with Crippen molar-refractivity contribution in [2.45, 2.75) is 25.8 Å². The SMILES string of the molecule is C=C(C(=O)Nc1ccc(NC)nc1)c1cc(-c2cncc(CN3CCC(F)(F)C3)c2)ccc1C. The number of carbonyl (C=O) groups is 1. The summed E-state index contributed by atoms with van der Waals surface area (Å²) in [7, 11) is 1.77. The Hall–Kier alpha value is -3.65. The maximum atomic E-state index is 13.5. The summed E-state index contributed by atoms with van der Waals surface area (Å²) in [5.41, 5.74) is 5.13. The van der Waals surface area contributed by atoms with Crippen LogP contribution in [0, 0.1) is 6.92 Å². The van der Waals surface area contributed by atoms with Crippen LogP contribution in [0.4, 0.5) is 20.3 Å². The Balaban J connectivity index is 1.51. The number of carbonyl (C=O) groups excluding carboxylic acids is 1. The second-order valence-electron chi connectivity index (χ2n) is 8.54. The third kappa shape index (κ3) is 5.46. The van der Waals surface area contributed by atoms with Gasteiger partial charge in [-0.3, -0.25) is 14.7 Å². The van der Waals surface area contributed by atoms with E-state index in [1.54, 1.807) is 42.7 Å². The molecule has 1 aliphatic heterocycles. The number of hydrogen-bond acceptors (Lipinski definition) is 5. The van der Waals surface area contributed by atoms with Gasteiger partial charge in [0.15, 0.2) is 0 Å². The predicted molar refractivity (Wildman–Crippen MR) is 131 cm³/mol. The van der Waals surface area contributed by atoms with Crippen LogP contribution >= 0.6 is 0 Å². The number of aryl methyl sites for hydroxylation is 1. The second kappa shape index (κ2) is 9.69. The van der Waals surface area contributed by atoms with Gasteiger partial charge in [-0.25, -0.2) is 13.8 Å². The molecule has 0 aliphatic carbocycles. The number of likely N-dealkylation sites (tertiary alicyclic amines) is 1. The van der Waals surface area contributed by atoms with Crippen LogP contribution in [0.3, 0.4) is 0 Å². The van der Waals surface area contributed by atoms with E-state index in [4.69, 9.17) is 0 Å². The van der Waals surface area contributed by atoms with E-state index in [-0.39, 0.29) is 18.9 Å². The molecule has 2 aromatic heterocycles. The molecule has 4 rings (SSSR count). The summed E-state index contributed by atoms with van der Waals surface area (Å²) in [5, 5.41) is 5.76. The largest absolute Gasteiger partial charge is 0.373 e. The quantitative estimate of drug-likeness (QED) is 0.484. The van der Waals surface area contributed by atoms with Gasteiger partial charge in [-0.1, -0.05) is 18.7 Å². The van der Waals surface area contributed by atoms with Gasteiger partial charge in [0.05, 0.1) is 18.4 Å². The van der Waals surface area contributed by atoms with Crippen molar-refractivity contribution in [1.82, 2.24) is 14.9 Å². The number of nitrogens with zero attached hydrogens (tertiary/aromatic N) is 3. The maximum absolute atomic E-state index is 13.5. The Kier molecular flexibility index (Phi) is 6.70. The fourth-order valence-electron chi connectivity index (χ4n) is 4.00. The lowest BCUT2D eigenvalue weighted by Gasteiger charge is -2.16. The summed E-state index contributed by atoms with van der Waals surface area (Å²) in [4.78, 5) is 23.1. The van der Waals surface area contributed by atoms with Gasteiger partial charge in [0.25, 0.3) is 11.8 Å². The fraction of sp³-hybridized carbons (Fsp3) is 0.269. The molecular weight excluding hydrogens is 436 g/mol. The van der Waals surface area contributed by atoms with E-state index in [1.165, 1.54) is 0 Å². The average Bonchev–Trinajstić information content (AvgIpc) is 3.17. The molecular formula is C26H27F2N5O. The first kappa shape index (κ1) is 23.5. The van der Waals surface area contributed by atoms with Gasteiger partial charge in [0.1, 0.15) is 5.82 Å². The van der Waals surface area contributed by atoms with Gasteiger partial charge in [0.2, 0.25) is 0 Å². The van der Waals surface area contributed by atoms with Gasteiger partial charge >= 0.3 is 0 Å². The van der Waals surface area contributed by atoms with Crippen LogP contribution in [-0.2, 0) is 11.3 Å². The van der Waals surface area contributed by atoms with Crippen LogP contribution in [0.1, 0.15) is 23.1 Å². The highest BCUT2D eigenvalue weighted by molar-refractivity contribution is 6.25. The third-order valence-electron chi connectivity index (χ3n) is 5.90. The van der Waals surface area contributed by atoms with Crippen molar-refractivity contribution in [3.8, 4) is 11.1 Å². The lowest BCUT2D eigenvalue weighted by atomic mass is 9.95. The number of alkyl halides is 2. The topological polar surface area (TPSA) is 70.1 Å². The molecule has 0 radical (unpaired) electrons. The van der Waals surface area contributed by atoms with Crippen LogP contribution in [0.25, 0.3) is 16.7 Å². The molecule has 6 nitrogen and oxygen atoms in total. The Morgan fingerprint density at radius 2 is 1.97 bits per heavy atom. The molecule has 0 atom stereocenters. The van der Waals surface area contributed by atoms with E-state index >= 15 is 0 Å². The predicted octanol–water partition coefficient (Wildman–Crippen LogP) is 4.99. The Bertz CT molecular complexity index is 1210. The number of halogens is 2. The number of hydrogen-bond donors (Lipinski definition) is 2. The van der Waals surface area contributed by atoms with E-state index < -0.39 is 5.92 Å². The summed E-state index contributed by atoms with van der Waals surface area (Å²) in [6.07, 6.45) is 4.90. The molecule has 0 spiro atoms. The number of anilines is 2. The number of pyridine rings is 2. The first-order chi connectivity index (χ1) is 16.2. The lowest BCUT2D eigenvalue weighted by molar-refractivity contribution is -0.111. The van der Waals surface area contributed by atoms with E-state index in [2.05, 4.69) is 27.2 Å². The maximum Gasteiger partial charge on any atom is 0.261 e. The van der Waals surface area contributed by atoms with Gasteiger partial charge in [-0.05, 0) is 53.4 Å². The van der Waals surface area contributed by atoms with Crippen molar-refractivity contribution in [3.05, 3.63) is 78.3 Å². The number of aromatic nitrogens is 2. The van der Waals surface area contributed by atoms with Crippen molar-refractivity contribution in [1.29, 1.82) is 0 Å². The first-order valence-electron chi connectivity index (χ1n) is 11.0. The van der Waals surface area contributed by atoms with Gasteiger partial charge in [-0.15, -0.1) is 0 Å². The minimum absolute atomic E-state index is 0.110. The molecule has 3 heterocycles. The van der Waals surface area contributed by atoms with Crippen molar-refractivity contribution in [2.75, 3.05) is 30.8 Å². The highest BCUT2D eigenvalue weighted by Crippen LogP contribution is 2.30. The molecule has 8 heteroatoms. The highest BCUT2D eigenvalue weighted by Gasteiger charge is 2.37. The molecule has 1 amide bonds. The molecule has 1 aromatic carbocycles. The van der Waals surface area contributed by atoms with Crippen LogP contribution in [-0.4, -0.2) is 46.8 Å². The molecule has 1 fully saturated rings. The van der Waals surface area contributed by atoms with E-state index in [0.717, 1.165) is 27.8 Å². The molecule has 3 aromatic rings. The molecule has 2 N–H and O–H groups in total. The number of rotatable bonds is 7. The molecule has 0 bridgehead atoms. The lowest BCUT2D eigenvalue weighted by Crippen LogP contribution is -2.24. The van der Waals surface area contributed by atoms with E-state index in [1.807, 2.05) is 31.2 Å². The van der Waals surface area contributed by atoms with E-state index in [9.17, 15) is 13.6 Å². The van der Waals surface area contributed by atoms with Crippen LogP contribution < -0.4 is 10.6 Å². The molecule has 0 unspecified atom stereocenters. The monoisotopic (exact) mass is 463 g/mol. The average molecular weight is 464 g/mol. The van der Waals surface area contributed by atoms with Gasteiger partial charge < -0.3 is 10.6 Å². The number of benzene rings is 1. The van der Waals surface area contributed by atoms with Crippen molar-refractivity contribution in [2.24, 2.45) is 0 Å². The van der Waals surface area contributed by atoms with Crippen LogP contribution in [0.2, 0.25) is 0 Å². The zero-order chi connectivity index (χ0) is 24.3. The zero-order valence-corrected chi connectivity index (χ0v) is 19.2. The molecule has 1 saturated heterocycles. The van der Waals surface area contributed by atoms with Gasteiger partial charge in [-0.2, -0.15) is 0 Å². The summed E-state index contributed by atoms with van der Waals surface area (Å²) in [5.74, 6) is -2.24. The molecule has 1 aliphatic rings. The Morgan fingerprint density at radius 1 is 1.15 bits per heavy atom. The normalized spacial score (nSPS) is 15.2. The standard InChI is InChI=1S/C26H27F2N5O/c1-17-4-5-20(21-10-19(12-30-13-21)15-33-9-8-26(27,28)16-33)11-23(17)18(2)25(34)32-22-6-7-24(29-3)31-14-22/h4-7,10-14H,2,8-9,15-16H2,1,3H3,(H,29,31)(H,32,34). The summed E-state index contributed by atoms with van der Waals surface area (Å²) >= 11 is 0.